The Kier molecular flexibility index (Phi) is 8.83. The topological polar surface area (TPSA) is 85.1 Å². The van der Waals surface area contributed by atoms with Gasteiger partial charge in [0.25, 0.3) is 5.91 Å². The molecule has 0 spiro atoms. The van der Waals surface area contributed by atoms with Crippen molar-refractivity contribution in [2.75, 3.05) is 40.4 Å². The van der Waals surface area contributed by atoms with Crippen molar-refractivity contribution in [3.63, 3.8) is 0 Å². The lowest BCUT2D eigenvalue weighted by Crippen LogP contribution is -2.50. The predicted molar refractivity (Wildman–Crippen MR) is 165 cm³/mol. The number of piperidine rings is 1. The van der Waals surface area contributed by atoms with Crippen LogP contribution in [0.25, 0.3) is 0 Å². The normalized spacial score (nSPS) is 20.0. The lowest BCUT2D eigenvalue weighted by atomic mass is 9.72. The number of amides is 2. The van der Waals surface area contributed by atoms with E-state index in [0.717, 1.165) is 37.2 Å². The number of methoxy groups -OCH3 is 2. The highest BCUT2D eigenvalue weighted by atomic mass is 35.5. The van der Waals surface area contributed by atoms with Gasteiger partial charge in [0.1, 0.15) is 11.5 Å². The van der Waals surface area contributed by atoms with Gasteiger partial charge >= 0.3 is 0 Å². The van der Waals surface area contributed by atoms with Gasteiger partial charge in [0.2, 0.25) is 5.91 Å². The van der Waals surface area contributed by atoms with E-state index in [4.69, 9.17) is 38.4 Å². The number of likely N-dealkylation sites (tertiary alicyclic amines) is 1. The summed E-state index contributed by atoms with van der Waals surface area (Å²) in [5.74, 6) is 0.661. The number of nitrogens with zero attached hydrogens (tertiary/aromatic N) is 2. The van der Waals surface area contributed by atoms with Crippen LogP contribution in [0.1, 0.15) is 40.7 Å². The van der Waals surface area contributed by atoms with Crippen LogP contribution in [-0.2, 0) is 15.6 Å². The van der Waals surface area contributed by atoms with E-state index < -0.39 is 10.8 Å². The number of carbonyl (C=O) groups excluding carboxylic acids is 2. The monoisotopic (exact) mass is 607 g/mol. The zero-order chi connectivity index (χ0) is 29.9. The molecule has 7 nitrogen and oxygen atoms in total. The van der Waals surface area contributed by atoms with Crippen molar-refractivity contribution in [2.24, 2.45) is 5.73 Å². The van der Waals surface area contributed by atoms with Gasteiger partial charge in [0, 0.05) is 29.8 Å². The molecule has 0 aliphatic carbocycles. The van der Waals surface area contributed by atoms with E-state index in [2.05, 4.69) is 11.0 Å². The third-order valence-electron chi connectivity index (χ3n) is 8.76. The molecule has 3 aromatic carbocycles. The molecule has 9 heteroatoms. The Morgan fingerprint density at radius 1 is 0.881 bits per heavy atom. The second-order valence-corrected chi connectivity index (χ2v) is 11.9. The molecular formula is C33H35Cl2N3O4. The molecule has 2 heterocycles. The molecule has 1 unspecified atom stereocenters. The lowest BCUT2D eigenvalue weighted by molar-refractivity contribution is -0.125. The van der Waals surface area contributed by atoms with E-state index in [1.165, 1.54) is 0 Å². The second-order valence-electron chi connectivity index (χ2n) is 11.0. The molecule has 1 fully saturated rings. The summed E-state index contributed by atoms with van der Waals surface area (Å²) >= 11 is 12.7. The number of nitrogens with two attached hydrogens (primary N) is 1. The number of halogens is 2. The maximum absolute atomic E-state index is 13.7. The van der Waals surface area contributed by atoms with Crippen LogP contribution in [0.5, 0.6) is 11.5 Å². The Bertz CT molecular complexity index is 1470. The van der Waals surface area contributed by atoms with Crippen molar-refractivity contribution in [3.05, 3.63) is 106 Å². The Hall–Kier alpha value is -3.52. The van der Waals surface area contributed by atoms with Crippen LogP contribution in [0.3, 0.4) is 0 Å². The quantitative estimate of drug-likeness (QED) is 0.331. The average Bonchev–Trinajstić information content (AvgIpc) is 3.46. The van der Waals surface area contributed by atoms with Crippen molar-refractivity contribution in [1.82, 2.24) is 9.80 Å². The summed E-state index contributed by atoms with van der Waals surface area (Å²) in [6.07, 6.45) is 5.99. The smallest absolute Gasteiger partial charge is 0.258 e. The fourth-order valence-corrected chi connectivity index (χ4v) is 6.43. The Labute approximate surface area is 256 Å². The maximum atomic E-state index is 13.7. The van der Waals surface area contributed by atoms with Gasteiger partial charge in [0.15, 0.2) is 0 Å². The van der Waals surface area contributed by atoms with Crippen LogP contribution in [0.2, 0.25) is 10.0 Å². The SMILES string of the molecule is COc1cc(OC)cc(C(=O)N2C=CC(CCN3CCC(C(N)=O)(c4ccccc4)CC3)(c3ccc(Cl)c(Cl)c3)C2)c1. The van der Waals surface area contributed by atoms with Crippen molar-refractivity contribution < 1.29 is 19.1 Å². The number of rotatable bonds is 9. The van der Waals surface area contributed by atoms with Crippen LogP contribution in [0.4, 0.5) is 0 Å². The molecule has 0 bridgehead atoms. The molecule has 42 heavy (non-hydrogen) atoms. The van der Waals surface area contributed by atoms with Crippen LogP contribution in [0, 0.1) is 0 Å². The lowest BCUT2D eigenvalue weighted by Gasteiger charge is -2.41. The molecule has 5 rings (SSSR count). The molecule has 0 saturated carbocycles. The number of carbonyl (C=O) groups is 2. The fourth-order valence-electron chi connectivity index (χ4n) is 6.13. The fraction of sp³-hybridized carbons (Fsp3) is 0.333. The summed E-state index contributed by atoms with van der Waals surface area (Å²) in [6, 6.07) is 20.7. The summed E-state index contributed by atoms with van der Waals surface area (Å²) in [4.78, 5) is 30.4. The first-order valence-electron chi connectivity index (χ1n) is 14.0. The largest absolute Gasteiger partial charge is 0.497 e. The van der Waals surface area contributed by atoms with Gasteiger partial charge in [0.05, 0.1) is 29.7 Å². The molecule has 1 atom stereocenters. The van der Waals surface area contributed by atoms with Crippen molar-refractivity contribution >= 4 is 35.0 Å². The highest BCUT2D eigenvalue weighted by Gasteiger charge is 2.43. The first-order valence-corrected chi connectivity index (χ1v) is 14.7. The van der Waals surface area contributed by atoms with Gasteiger partial charge in [-0.05, 0) is 74.3 Å². The summed E-state index contributed by atoms with van der Waals surface area (Å²) < 4.78 is 10.8. The highest BCUT2D eigenvalue weighted by Crippen LogP contribution is 2.40. The average molecular weight is 609 g/mol. The third-order valence-corrected chi connectivity index (χ3v) is 9.50. The minimum Gasteiger partial charge on any atom is -0.497 e. The van der Waals surface area contributed by atoms with E-state index >= 15 is 0 Å². The van der Waals surface area contributed by atoms with Gasteiger partial charge in [-0.25, -0.2) is 0 Å². The van der Waals surface area contributed by atoms with Crippen LogP contribution >= 0.6 is 23.2 Å². The number of ether oxygens (including phenoxy) is 2. The van der Waals surface area contributed by atoms with Gasteiger partial charge < -0.3 is 25.0 Å². The molecule has 2 aliphatic rings. The van der Waals surface area contributed by atoms with Gasteiger partial charge in [-0.15, -0.1) is 0 Å². The van der Waals surface area contributed by atoms with Gasteiger partial charge in [-0.1, -0.05) is 65.7 Å². The number of hydrogen-bond donors (Lipinski definition) is 1. The van der Waals surface area contributed by atoms with E-state index in [0.29, 0.717) is 46.5 Å². The predicted octanol–water partition coefficient (Wildman–Crippen LogP) is 5.83. The summed E-state index contributed by atoms with van der Waals surface area (Å²) in [5.41, 5.74) is 7.26. The van der Waals surface area contributed by atoms with Crippen LogP contribution in [-0.4, -0.2) is 62.0 Å². The first-order chi connectivity index (χ1) is 20.2. The molecule has 220 valence electrons. The Balaban J connectivity index is 1.35. The van der Waals surface area contributed by atoms with Crippen molar-refractivity contribution in [2.45, 2.75) is 30.1 Å². The Morgan fingerprint density at radius 3 is 2.14 bits per heavy atom. The zero-order valence-electron chi connectivity index (χ0n) is 23.8. The minimum absolute atomic E-state index is 0.155. The maximum Gasteiger partial charge on any atom is 0.258 e. The van der Waals surface area contributed by atoms with Gasteiger partial charge in [-0.3, -0.25) is 9.59 Å². The van der Waals surface area contributed by atoms with Crippen LogP contribution < -0.4 is 15.2 Å². The molecule has 1 saturated heterocycles. The first kappa shape index (κ1) is 30.0. The summed E-state index contributed by atoms with van der Waals surface area (Å²) in [6.45, 7) is 2.69. The minimum atomic E-state index is -0.659. The Morgan fingerprint density at radius 2 is 1.55 bits per heavy atom. The van der Waals surface area contributed by atoms with E-state index in [1.54, 1.807) is 43.4 Å². The number of benzene rings is 3. The zero-order valence-corrected chi connectivity index (χ0v) is 25.3. The highest BCUT2D eigenvalue weighted by molar-refractivity contribution is 6.42. The van der Waals surface area contributed by atoms with Crippen molar-refractivity contribution in [1.29, 1.82) is 0 Å². The number of hydrogen-bond acceptors (Lipinski definition) is 5. The van der Waals surface area contributed by atoms with Crippen LogP contribution in [0.15, 0.2) is 79.0 Å². The second kappa shape index (κ2) is 12.4. The molecule has 0 radical (unpaired) electrons. The molecule has 2 amide bonds. The molecule has 0 aromatic heterocycles. The summed E-state index contributed by atoms with van der Waals surface area (Å²) in [7, 11) is 3.12. The van der Waals surface area contributed by atoms with E-state index in [-0.39, 0.29) is 11.8 Å². The molecule has 3 aromatic rings. The van der Waals surface area contributed by atoms with E-state index in [9.17, 15) is 9.59 Å². The standard InChI is InChI=1S/C33H35Cl2N3O4/c1-41-26-18-23(19-27(21-26)42-2)30(39)38-17-11-32(22-38,25-8-9-28(34)29(35)20-25)10-14-37-15-12-33(13-16-37,31(36)40)24-6-4-3-5-7-24/h3-9,11,17-21H,10,12-16,22H2,1-2H3,(H2,36,40). The number of primary amides is 1. The third kappa shape index (κ3) is 5.87. The van der Waals surface area contributed by atoms with Crippen molar-refractivity contribution in [3.8, 4) is 11.5 Å². The van der Waals surface area contributed by atoms with E-state index in [1.807, 2.05) is 48.7 Å². The molecule has 2 aliphatic heterocycles. The molecule has 2 N–H and O–H groups in total. The van der Waals surface area contributed by atoms with Gasteiger partial charge in [-0.2, -0.15) is 0 Å². The molecular weight excluding hydrogens is 573 g/mol. The summed E-state index contributed by atoms with van der Waals surface area (Å²) in [5, 5.41) is 0.949.